The fraction of sp³-hybridized carbons (Fsp3) is 0.929. The van der Waals surface area contributed by atoms with Gasteiger partial charge in [-0.15, -0.1) is 0 Å². The molecular weight excluding hydrogens is 262 g/mol. The lowest BCUT2D eigenvalue weighted by molar-refractivity contribution is -0.0665. The number of carbonyl (C=O) groups excluding carboxylic acids is 1. The Hall–Kier alpha value is -0.850. The average molecular weight is 289 g/mol. The zero-order chi connectivity index (χ0) is 15.0. The van der Waals surface area contributed by atoms with Gasteiger partial charge in [0.25, 0.3) is 0 Å². The van der Waals surface area contributed by atoms with Gasteiger partial charge in [-0.1, -0.05) is 0 Å². The van der Waals surface area contributed by atoms with E-state index in [1.807, 2.05) is 20.8 Å². The van der Waals surface area contributed by atoms with Gasteiger partial charge in [-0.3, -0.25) is 0 Å². The molecule has 0 aromatic heterocycles. The van der Waals surface area contributed by atoms with Crippen LogP contribution in [-0.4, -0.2) is 67.3 Å². The van der Waals surface area contributed by atoms with Gasteiger partial charge in [0, 0.05) is 26.4 Å². The molecule has 20 heavy (non-hydrogen) atoms. The van der Waals surface area contributed by atoms with E-state index in [2.05, 4.69) is 0 Å². The van der Waals surface area contributed by atoms with Crippen LogP contribution >= 0.6 is 0 Å². The summed E-state index contributed by atoms with van der Waals surface area (Å²) in [7, 11) is 0. The number of nitrogens with zero attached hydrogens (tertiary/aromatic N) is 1. The molecule has 1 saturated heterocycles. The summed E-state index contributed by atoms with van der Waals surface area (Å²) in [5.74, 6) is 0. The van der Waals surface area contributed by atoms with Crippen molar-refractivity contribution in [3.05, 3.63) is 0 Å². The smallest absolute Gasteiger partial charge is 0.410 e. The zero-order valence-electron chi connectivity index (χ0n) is 12.8. The van der Waals surface area contributed by atoms with Gasteiger partial charge < -0.3 is 24.2 Å². The van der Waals surface area contributed by atoms with Crippen molar-refractivity contribution in [3.63, 3.8) is 0 Å². The second kappa shape index (κ2) is 8.44. The predicted molar refractivity (Wildman–Crippen MR) is 74.7 cm³/mol. The highest BCUT2D eigenvalue weighted by Gasteiger charge is 2.34. The topological polar surface area (TPSA) is 68.2 Å². The molecule has 1 N–H and O–H groups in total. The van der Waals surface area contributed by atoms with Crippen molar-refractivity contribution in [1.29, 1.82) is 0 Å². The molecule has 1 amide bonds. The van der Waals surface area contributed by atoms with Gasteiger partial charge in [0.05, 0.1) is 19.2 Å². The Labute approximate surface area is 121 Å². The van der Waals surface area contributed by atoms with Crippen LogP contribution in [0.1, 0.15) is 33.6 Å². The molecule has 0 aromatic carbocycles. The number of hydrogen-bond acceptors (Lipinski definition) is 5. The fourth-order valence-corrected chi connectivity index (χ4v) is 1.70. The van der Waals surface area contributed by atoms with Crippen LogP contribution in [0.4, 0.5) is 4.79 Å². The van der Waals surface area contributed by atoms with Crippen LogP contribution in [0.3, 0.4) is 0 Å². The quantitative estimate of drug-likeness (QED) is 0.684. The van der Waals surface area contributed by atoms with Crippen molar-refractivity contribution >= 4 is 6.09 Å². The van der Waals surface area contributed by atoms with Crippen LogP contribution in [-0.2, 0) is 14.2 Å². The van der Waals surface area contributed by atoms with Crippen LogP contribution < -0.4 is 0 Å². The van der Waals surface area contributed by atoms with Gasteiger partial charge in [0.2, 0.25) is 0 Å². The van der Waals surface area contributed by atoms with Crippen LogP contribution in [0.5, 0.6) is 0 Å². The van der Waals surface area contributed by atoms with Crippen molar-refractivity contribution in [1.82, 2.24) is 4.90 Å². The Morgan fingerprint density at radius 2 is 1.85 bits per heavy atom. The van der Waals surface area contributed by atoms with Crippen LogP contribution in [0.2, 0.25) is 0 Å². The summed E-state index contributed by atoms with van der Waals surface area (Å²) in [6.07, 6.45) is 1.34. The third kappa shape index (κ3) is 7.07. The van der Waals surface area contributed by atoms with E-state index in [1.54, 1.807) is 4.90 Å². The minimum Gasteiger partial charge on any atom is -0.444 e. The maximum atomic E-state index is 11.7. The Morgan fingerprint density at radius 1 is 1.20 bits per heavy atom. The number of hydrogen-bond donors (Lipinski definition) is 1. The van der Waals surface area contributed by atoms with Crippen molar-refractivity contribution in [2.75, 3.05) is 39.5 Å². The molecule has 0 saturated carbocycles. The summed E-state index contributed by atoms with van der Waals surface area (Å²) in [5.41, 5.74) is -0.449. The van der Waals surface area contributed by atoms with Gasteiger partial charge in [0.1, 0.15) is 5.60 Å². The number of carbonyl (C=O) groups is 1. The normalized spacial score (nSPS) is 16.1. The summed E-state index contributed by atoms with van der Waals surface area (Å²) in [4.78, 5) is 13.3. The molecule has 1 rings (SSSR count). The fourth-order valence-electron chi connectivity index (χ4n) is 1.70. The number of likely N-dealkylation sites (tertiary alicyclic amines) is 1. The van der Waals surface area contributed by atoms with E-state index in [1.165, 1.54) is 0 Å². The van der Waals surface area contributed by atoms with E-state index >= 15 is 0 Å². The van der Waals surface area contributed by atoms with E-state index in [0.29, 0.717) is 39.3 Å². The van der Waals surface area contributed by atoms with Gasteiger partial charge in [-0.05, 0) is 33.6 Å². The van der Waals surface area contributed by atoms with Gasteiger partial charge in [-0.25, -0.2) is 4.79 Å². The monoisotopic (exact) mass is 289 g/mol. The van der Waals surface area contributed by atoms with Gasteiger partial charge in [0.15, 0.2) is 0 Å². The highest BCUT2D eigenvalue weighted by molar-refractivity contribution is 5.69. The molecule has 1 aliphatic rings. The molecule has 118 valence electrons. The SMILES string of the molecule is CC(C)(C)OC(=O)N1CC(OCCCOCCCO)C1. The molecule has 0 radical (unpaired) electrons. The zero-order valence-corrected chi connectivity index (χ0v) is 12.8. The summed E-state index contributed by atoms with van der Waals surface area (Å²) in [6.45, 7) is 8.79. The lowest BCUT2D eigenvalue weighted by atomic mass is 10.2. The molecule has 0 atom stereocenters. The van der Waals surface area contributed by atoms with E-state index in [0.717, 1.165) is 6.42 Å². The van der Waals surface area contributed by atoms with Crippen molar-refractivity contribution in [2.24, 2.45) is 0 Å². The highest BCUT2D eigenvalue weighted by Crippen LogP contribution is 2.17. The van der Waals surface area contributed by atoms with E-state index in [-0.39, 0.29) is 18.8 Å². The average Bonchev–Trinajstić information content (AvgIpc) is 2.27. The van der Waals surface area contributed by atoms with E-state index in [4.69, 9.17) is 19.3 Å². The van der Waals surface area contributed by atoms with Crippen LogP contribution in [0.15, 0.2) is 0 Å². The molecule has 6 nitrogen and oxygen atoms in total. The van der Waals surface area contributed by atoms with E-state index in [9.17, 15) is 4.79 Å². The van der Waals surface area contributed by atoms with Crippen molar-refractivity contribution in [2.45, 2.75) is 45.3 Å². The largest absolute Gasteiger partial charge is 0.444 e. The third-order valence-electron chi connectivity index (χ3n) is 2.73. The number of amides is 1. The minimum absolute atomic E-state index is 0.111. The molecule has 0 bridgehead atoms. The van der Waals surface area contributed by atoms with Gasteiger partial charge in [-0.2, -0.15) is 0 Å². The first-order valence-corrected chi connectivity index (χ1v) is 7.20. The molecule has 0 spiro atoms. The first kappa shape index (κ1) is 17.2. The summed E-state index contributed by atoms with van der Waals surface area (Å²) in [6, 6.07) is 0. The van der Waals surface area contributed by atoms with Crippen molar-refractivity contribution in [3.8, 4) is 0 Å². The first-order valence-electron chi connectivity index (χ1n) is 7.20. The second-order valence-corrected chi connectivity index (χ2v) is 5.92. The lowest BCUT2D eigenvalue weighted by Crippen LogP contribution is -2.56. The van der Waals surface area contributed by atoms with Crippen LogP contribution in [0, 0.1) is 0 Å². The van der Waals surface area contributed by atoms with Gasteiger partial charge >= 0.3 is 6.09 Å². The maximum absolute atomic E-state index is 11.7. The summed E-state index contributed by atoms with van der Waals surface area (Å²) >= 11 is 0. The second-order valence-electron chi connectivity index (χ2n) is 5.92. The Kier molecular flexibility index (Phi) is 7.26. The standard InChI is InChI=1S/C14H27NO5/c1-14(2,3)20-13(17)15-10-12(11-15)19-9-5-8-18-7-4-6-16/h12,16H,4-11H2,1-3H3. The Morgan fingerprint density at radius 3 is 2.45 bits per heavy atom. The Balaban J connectivity index is 1.96. The maximum Gasteiger partial charge on any atom is 0.410 e. The first-order chi connectivity index (χ1) is 9.42. The molecule has 1 aliphatic heterocycles. The molecule has 0 aromatic rings. The number of rotatable bonds is 8. The summed E-state index contributed by atoms with van der Waals surface area (Å²) in [5, 5.41) is 8.57. The third-order valence-corrected chi connectivity index (χ3v) is 2.73. The number of aliphatic hydroxyl groups is 1. The molecular formula is C14H27NO5. The Bertz CT molecular complexity index is 284. The summed E-state index contributed by atoms with van der Waals surface area (Å²) < 4.78 is 16.2. The predicted octanol–water partition coefficient (Wildman–Crippen LogP) is 1.41. The molecule has 6 heteroatoms. The number of aliphatic hydroxyl groups excluding tert-OH is 1. The number of ether oxygens (including phenoxy) is 3. The van der Waals surface area contributed by atoms with E-state index < -0.39 is 5.60 Å². The van der Waals surface area contributed by atoms with Crippen molar-refractivity contribution < 1.29 is 24.1 Å². The van der Waals surface area contributed by atoms with Crippen LogP contribution in [0.25, 0.3) is 0 Å². The lowest BCUT2D eigenvalue weighted by Gasteiger charge is -2.39. The molecule has 0 aliphatic carbocycles. The molecule has 1 fully saturated rings. The molecule has 1 heterocycles. The highest BCUT2D eigenvalue weighted by atomic mass is 16.6. The molecule has 0 unspecified atom stereocenters. The minimum atomic E-state index is -0.449.